The Morgan fingerprint density at radius 2 is 2.00 bits per heavy atom. The molecule has 0 saturated carbocycles. The maximum Gasteiger partial charge on any atom is 0.316 e. The van der Waals surface area contributed by atoms with Gasteiger partial charge in [-0.2, -0.15) is 0 Å². The van der Waals surface area contributed by atoms with E-state index in [1.165, 1.54) is 22.2 Å². The lowest BCUT2D eigenvalue weighted by Gasteiger charge is -2.13. The summed E-state index contributed by atoms with van der Waals surface area (Å²) in [5.74, 6) is -0.137. The van der Waals surface area contributed by atoms with Crippen molar-refractivity contribution in [2.75, 3.05) is 12.4 Å². The van der Waals surface area contributed by atoms with E-state index in [-0.39, 0.29) is 17.3 Å². The molecule has 30 heavy (non-hydrogen) atoms. The highest BCUT2D eigenvalue weighted by Crippen LogP contribution is 2.35. The standard InChI is InChI=1S/C23H26N2O3S2/c1-3-4-13-28-19(26)14-29-23-24-21-20(17-7-5-6-8-18(17)30-21)22(27)25(23)16-11-9-15(2)10-12-16/h9-12H,3-8,13-14H2,1-2H3. The largest absolute Gasteiger partial charge is 0.465 e. The SMILES string of the molecule is CCCCOC(=O)CSc1nc2sc3c(c2c(=O)n1-c1ccc(C)cc1)CCCC3. The van der Waals surface area contributed by atoms with Crippen LogP contribution in [0.2, 0.25) is 0 Å². The molecule has 0 aliphatic heterocycles. The number of unbranched alkanes of at least 4 members (excludes halogenated alkanes) is 1. The molecule has 7 heteroatoms. The van der Waals surface area contributed by atoms with Crippen molar-refractivity contribution in [2.45, 2.75) is 57.5 Å². The van der Waals surface area contributed by atoms with Gasteiger partial charge in [0.25, 0.3) is 5.56 Å². The highest BCUT2D eigenvalue weighted by Gasteiger charge is 2.23. The minimum Gasteiger partial charge on any atom is -0.465 e. The Morgan fingerprint density at radius 3 is 2.77 bits per heavy atom. The van der Waals surface area contributed by atoms with Gasteiger partial charge in [-0.3, -0.25) is 14.2 Å². The Kier molecular flexibility index (Phi) is 6.58. The Morgan fingerprint density at radius 1 is 1.23 bits per heavy atom. The molecule has 0 unspecified atom stereocenters. The number of benzene rings is 1. The second-order valence-corrected chi connectivity index (χ2v) is 9.65. The molecule has 0 atom stereocenters. The lowest BCUT2D eigenvalue weighted by Crippen LogP contribution is -2.23. The molecule has 0 saturated heterocycles. The van der Waals surface area contributed by atoms with Gasteiger partial charge in [-0.1, -0.05) is 42.8 Å². The van der Waals surface area contributed by atoms with Crippen LogP contribution in [0.5, 0.6) is 0 Å². The van der Waals surface area contributed by atoms with Crippen molar-refractivity contribution in [3.8, 4) is 5.69 Å². The highest BCUT2D eigenvalue weighted by atomic mass is 32.2. The van der Waals surface area contributed by atoms with Crippen LogP contribution in [0, 0.1) is 6.92 Å². The number of nitrogens with zero attached hydrogens (tertiary/aromatic N) is 2. The zero-order valence-electron chi connectivity index (χ0n) is 17.4. The van der Waals surface area contributed by atoms with E-state index in [0.717, 1.165) is 60.0 Å². The number of hydrogen-bond donors (Lipinski definition) is 0. The van der Waals surface area contributed by atoms with E-state index < -0.39 is 0 Å². The van der Waals surface area contributed by atoms with Crippen LogP contribution in [0.25, 0.3) is 15.9 Å². The first-order valence-corrected chi connectivity index (χ1v) is 12.3. The number of carbonyl (C=O) groups is 1. The van der Waals surface area contributed by atoms with Crippen molar-refractivity contribution in [3.05, 3.63) is 50.6 Å². The van der Waals surface area contributed by atoms with Gasteiger partial charge < -0.3 is 4.74 Å². The average molecular weight is 443 g/mol. The van der Waals surface area contributed by atoms with Crippen LogP contribution in [0.4, 0.5) is 0 Å². The van der Waals surface area contributed by atoms with Gasteiger partial charge in [-0.15, -0.1) is 11.3 Å². The zero-order valence-corrected chi connectivity index (χ0v) is 19.0. The number of rotatable bonds is 7. The molecule has 0 spiro atoms. The van der Waals surface area contributed by atoms with Crippen molar-refractivity contribution < 1.29 is 9.53 Å². The molecule has 0 fully saturated rings. The second kappa shape index (κ2) is 9.35. The Bertz CT molecular complexity index is 1120. The molecule has 1 aliphatic carbocycles. The van der Waals surface area contributed by atoms with E-state index in [1.54, 1.807) is 15.9 Å². The second-order valence-electron chi connectivity index (χ2n) is 7.62. The van der Waals surface area contributed by atoms with Gasteiger partial charge in [0.2, 0.25) is 0 Å². The maximum atomic E-state index is 13.6. The first kappa shape index (κ1) is 21.1. The molecule has 2 heterocycles. The molecule has 5 nitrogen and oxygen atoms in total. The number of hydrogen-bond acceptors (Lipinski definition) is 6. The topological polar surface area (TPSA) is 61.2 Å². The molecule has 0 radical (unpaired) electrons. The minimum atomic E-state index is -0.274. The van der Waals surface area contributed by atoms with Gasteiger partial charge in [-0.05, 0) is 56.7 Å². The summed E-state index contributed by atoms with van der Waals surface area (Å²) >= 11 is 2.90. The van der Waals surface area contributed by atoms with Crippen molar-refractivity contribution in [1.29, 1.82) is 0 Å². The molecule has 0 amide bonds. The third kappa shape index (κ3) is 4.32. The van der Waals surface area contributed by atoms with Crippen LogP contribution in [0.3, 0.4) is 0 Å². The Balaban J connectivity index is 1.75. The van der Waals surface area contributed by atoms with Crippen LogP contribution in [-0.4, -0.2) is 27.9 Å². The number of esters is 1. The Labute approximate surface area is 184 Å². The normalized spacial score (nSPS) is 13.4. The van der Waals surface area contributed by atoms with Gasteiger partial charge in [0.05, 0.1) is 23.4 Å². The molecule has 4 rings (SSSR count). The molecular weight excluding hydrogens is 416 g/mol. The number of aromatic nitrogens is 2. The summed E-state index contributed by atoms with van der Waals surface area (Å²) in [6.07, 6.45) is 6.08. The average Bonchev–Trinajstić information content (AvgIpc) is 3.12. The van der Waals surface area contributed by atoms with E-state index in [4.69, 9.17) is 9.72 Å². The van der Waals surface area contributed by atoms with Crippen LogP contribution in [0.15, 0.2) is 34.2 Å². The van der Waals surface area contributed by atoms with Crippen molar-refractivity contribution in [2.24, 2.45) is 0 Å². The molecule has 1 aromatic carbocycles. The summed E-state index contributed by atoms with van der Waals surface area (Å²) in [5.41, 5.74) is 3.04. The van der Waals surface area contributed by atoms with Gasteiger partial charge in [0, 0.05) is 4.88 Å². The smallest absolute Gasteiger partial charge is 0.316 e. The third-order valence-corrected chi connectivity index (χ3v) is 7.43. The monoisotopic (exact) mass is 442 g/mol. The van der Waals surface area contributed by atoms with Gasteiger partial charge in [-0.25, -0.2) is 4.98 Å². The fraction of sp³-hybridized carbons (Fsp3) is 0.435. The molecule has 2 aromatic heterocycles. The summed E-state index contributed by atoms with van der Waals surface area (Å²) in [6.45, 7) is 4.51. The zero-order chi connectivity index (χ0) is 21.1. The van der Waals surface area contributed by atoms with Crippen LogP contribution in [-0.2, 0) is 22.4 Å². The predicted octanol–water partition coefficient (Wildman–Crippen LogP) is 5.07. The summed E-state index contributed by atoms with van der Waals surface area (Å²) in [6, 6.07) is 7.85. The van der Waals surface area contributed by atoms with Gasteiger partial charge in [0.15, 0.2) is 5.16 Å². The molecule has 0 N–H and O–H groups in total. The van der Waals surface area contributed by atoms with Crippen molar-refractivity contribution in [1.82, 2.24) is 9.55 Å². The highest BCUT2D eigenvalue weighted by molar-refractivity contribution is 7.99. The number of fused-ring (bicyclic) bond motifs is 3. The summed E-state index contributed by atoms with van der Waals surface area (Å²) in [7, 11) is 0. The summed E-state index contributed by atoms with van der Waals surface area (Å²) in [4.78, 5) is 32.7. The number of ether oxygens (including phenoxy) is 1. The van der Waals surface area contributed by atoms with Crippen LogP contribution >= 0.6 is 23.1 Å². The van der Waals surface area contributed by atoms with E-state index in [2.05, 4.69) is 6.92 Å². The number of thioether (sulfide) groups is 1. The first-order valence-electron chi connectivity index (χ1n) is 10.5. The molecule has 0 bridgehead atoms. The molecular formula is C23H26N2O3S2. The van der Waals surface area contributed by atoms with E-state index >= 15 is 0 Å². The number of carbonyl (C=O) groups excluding carboxylic acids is 1. The summed E-state index contributed by atoms with van der Waals surface area (Å²) < 4.78 is 6.94. The first-order chi connectivity index (χ1) is 14.6. The lowest BCUT2D eigenvalue weighted by atomic mass is 9.97. The number of thiophene rings is 1. The Hall–Kier alpha value is -2.12. The molecule has 158 valence electrons. The summed E-state index contributed by atoms with van der Waals surface area (Å²) in [5, 5.41) is 1.30. The lowest BCUT2D eigenvalue weighted by molar-refractivity contribution is -0.140. The molecule has 1 aliphatic rings. The number of aryl methyl sites for hydroxylation is 3. The van der Waals surface area contributed by atoms with Crippen LogP contribution < -0.4 is 5.56 Å². The van der Waals surface area contributed by atoms with Gasteiger partial charge >= 0.3 is 5.97 Å². The van der Waals surface area contributed by atoms with E-state index in [0.29, 0.717) is 11.8 Å². The van der Waals surface area contributed by atoms with Crippen molar-refractivity contribution in [3.63, 3.8) is 0 Å². The fourth-order valence-electron chi connectivity index (χ4n) is 3.70. The third-order valence-electron chi connectivity index (χ3n) is 5.33. The van der Waals surface area contributed by atoms with E-state index in [1.807, 2.05) is 31.2 Å². The predicted molar refractivity (Wildman–Crippen MR) is 123 cm³/mol. The quantitative estimate of drug-likeness (QED) is 0.221. The minimum absolute atomic E-state index is 0.0369. The van der Waals surface area contributed by atoms with Crippen molar-refractivity contribution >= 4 is 39.3 Å². The maximum absolute atomic E-state index is 13.6. The van der Waals surface area contributed by atoms with E-state index in [9.17, 15) is 9.59 Å². The molecule has 3 aromatic rings. The van der Waals surface area contributed by atoms with Crippen LogP contribution in [0.1, 0.15) is 48.6 Å². The van der Waals surface area contributed by atoms with Gasteiger partial charge in [0.1, 0.15) is 4.83 Å². The fourth-order valence-corrected chi connectivity index (χ4v) is 5.81.